The van der Waals surface area contributed by atoms with Crippen LogP contribution in [0.15, 0.2) is 53.3 Å². The van der Waals surface area contributed by atoms with E-state index in [4.69, 9.17) is 14.0 Å². The zero-order chi connectivity index (χ0) is 25.1. The molecule has 3 aromatic heterocycles. The van der Waals surface area contributed by atoms with Gasteiger partial charge in [-0.15, -0.1) is 11.3 Å². The number of nitrogens with zero attached hydrogens (tertiary/aromatic N) is 4. The molecule has 1 fully saturated rings. The van der Waals surface area contributed by atoms with Crippen molar-refractivity contribution in [2.75, 3.05) is 31.2 Å². The van der Waals surface area contributed by atoms with Crippen LogP contribution in [0.2, 0.25) is 0 Å². The number of halogens is 1. The lowest BCUT2D eigenvalue weighted by molar-refractivity contribution is 0.0699. The van der Waals surface area contributed by atoms with Gasteiger partial charge in [-0.1, -0.05) is 17.3 Å². The van der Waals surface area contributed by atoms with Crippen molar-refractivity contribution in [3.05, 3.63) is 67.6 Å². The molecule has 0 saturated carbocycles. The molecule has 0 spiro atoms. The minimum atomic E-state index is -1.02. The summed E-state index contributed by atoms with van der Waals surface area (Å²) in [5.74, 6) is -0.921. The minimum absolute atomic E-state index is 0.0412. The molecule has 1 aliphatic heterocycles. The number of carboxylic acid groups (broad SMARTS) is 1. The fraction of sp³-hybridized carbons (Fsp3) is 0.200. The number of rotatable bonds is 7. The lowest BCUT2D eigenvalue weighted by Crippen LogP contribution is -2.36. The molecular formula is C25H19IN4O5S. The third-order valence-electron chi connectivity index (χ3n) is 5.69. The Morgan fingerprint density at radius 1 is 1.19 bits per heavy atom. The maximum absolute atomic E-state index is 11.6. The van der Waals surface area contributed by atoms with Crippen molar-refractivity contribution < 1.29 is 23.9 Å². The van der Waals surface area contributed by atoms with Crippen LogP contribution >= 0.6 is 33.9 Å². The van der Waals surface area contributed by atoms with Crippen molar-refractivity contribution in [1.29, 1.82) is 5.26 Å². The van der Waals surface area contributed by atoms with Crippen molar-refractivity contribution in [1.82, 2.24) is 10.1 Å². The van der Waals surface area contributed by atoms with Gasteiger partial charge in [0.1, 0.15) is 35.1 Å². The summed E-state index contributed by atoms with van der Waals surface area (Å²) < 4.78 is 17.2. The van der Waals surface area contributed by atoms with Gasteiger partial charge < -0.3 is 24.0 Å². The van der Waals surface area contributed by atoms with E-state index < -0.39 is 5.97 Å². The number of morpholine rings is 1. The SMILES string of the molecule is N#Cc1c(-c2ccon2)cc(-c2ccc(N3CCOCC3)cc2)nc1OCc1cc(I)sc1C(=O)O. The molecular weight excluding hydrogens is 595 g/mol. The fourth-order valence-corrected chi connectivity index (χ4v) is 5.70. The summed E-state index contributed by atoms with van der Waals surface area (Å²) in [6, 6.07) is 15.4. The molecule has 0 bridgehead atoms. The van der Waals surface area contributed by atoms with E-state index in [0.717, 1.165) is 27.2 Å². The molecule has 1 N–H and O–H groups in total. The molecule has 182 valence electrons. The average molecular weight is 614 g/mol. The number of carboxylic acids is 1. The van der Waals surface area contributed by atoms with Gasteiger partial charge >= 0.3 is 5.97 Å². The quantitative estimate of drug-likeness (QED) is 0.285. The number of ether oxygens (including phenoxy) is 2. The molecule has 1 aliphatic rings. The molecule has 4 heterocycles. The number of thiophene rings is 1. The van der Waals surface area contributed by atoms with Crippen LogP contribution < -0.4 is 9.64 Å². The predicted octanol–water partition coefficient (Wildman–Crippen LogP) is 5.06. The Kier molecular flexibility index (Phi) is 7.17. The summed E-state index contributed by atoms with van der Waals surface area (Å²) in [6.07, 6.45) is 1.43. The number of carbonyl (C=O) groups is 1. The average Bonchev–Trinajstić information content (AvgIpc) is 3.57. The Labute approximate surface area is 224 Å². The van der Waals surface area contributed by atoms with Crippen LogP contribution in [0.3, 0.4) is 0 Å². The number of aromatic nitrogens is 2. The van der Waals surface area contributed by atoms with E-state index in [1.54, 1.807) is 18.2 Å². The Morgan fingerprint density at radius 3 is 2.64 bits per heavy atom. The van der Waals surface area contributed by atoms with E-state index in [2.05, 4.69) is 43.7 Å². The summed E-state index contributed by atoms with van der Waals surface area (Å²) >= 11 is 3.24. The van der Waals surface area contributed by atoms with Crippen LogP contribution in [-0.2, 0) is 11.3 Å². The van der Waals surface area contributed by atoms with Crippen LogP contribution in [-0.4, -0.2) is 47.5 Å². The van der Waals surface area contributed by atoms with Gasteiger partial charge in [-0.05, 0) is 46.9 Å². The highest BCUT2D eigenvalue weighted by atomic mass is 127. The Balaban J connectivity index is 1.52. The highest BCUT2D eigenvalue weighted by Crippen LogP contribution is 2.34. The Hall–Kier alpha value is -3.47. The van der Waals surface area contributed by atoms with E-state index in [0.29, 0.717) is 35.7 Å². The highest BCUT2D eigenvalue weighted by molar-refractivity contribution is 14.1. The van der Waals surface area contributed by atoms with E-state index in [1.807, 2.05) is 24.3 Å². The van der Waals surface area contributed by atoms with Crippen molar-refractivity contribution in [2.24, 2.45) is 0 Å². The second kappa shape index (κ2) is 10.7. The first kappa shape index (κ1) is 24.2. The first-order valence-corrected chi connectivity index (χ1v) is 12.9. The van der Waals surface area contributed by atoms with Crippen molar-refractivity contribution in [3.63, 3.8) is 0 Å². The highest BCUT2D eigenvalue weighted by Gasteiger charge is 2.21. The van der Waals surface area contributed by atoms with Gasteiger partial charge in [-0.3, -0.25) is 0 Å². The number of hydrogen-bond donors (Lipinski definition) is 1. The normalized spacial score (nSPS) is 13.4. The Bertz CT molecular complexity index is 1420. The van der Waals surface area contributed by atoms with Crippen molar-refractivity contribution in [2.45, 2.75) is 6.61 Å². The number of pyridine rings is 1. The number of benzene rings is 1. The third kappa shape index (κ3) is 5.06. The van der Waals surface area contributed by atoms with E-state index in [9.17, 15) is 15.2 Å². The summed E-state index contributed by atoms with van der Waals surface area (Å²) in [5, 5.41) is 23.5. The summed E-state index contributed by atoms with van der Waals surface area (Å²) in [4.78, 5) is 18.7. The first-order chi connectivity index (χ1) is 17.5. The molecule has 4 aromatic rings. The molecule has 1 saturated heterocycles. The maximum atomic E-state index is 11.6. The van der Waals surface area contributed by atoms with Crippen LogP contribution in [0.1, 0.15) is 20.8 Å². The summed E-state index contributed by atoms with van der Waals surface area (Å²) in [6.45, 7) is 3.03. The fourth-order valence-electron chi connectivity index (χ4n) is 3.93. The molecule has 5 rings (SSSR count). The predicted molar refractivity (Wildman–Crippen MR) is 141 cm³/mol. The zero-order valence-electron chi connectivity index (χ0n) is 18.8. The minimum Gasteiger partial charge on any atom is -0.477 e. The molecule has 0 atom stereocenters. The first-order valence-electron chi connectivity index (χ1n) is 11.0. The largest absolute Gasteiger partial charge is 0.477 e. The third-order valence-corrected chi connectivity index (χ3v) is 7.61. The monoisotopic (exact) mass is 614 g/mol. The van der Waals surface area contributed by atoms with E-state index in [-0.39, 0.29) is 22.9 Å². The molecule has 0 aliphatic carbocycles. The maximum Gasteiger partial charge on any atom is 0.346 e. The van der Waals surface area contributed by atoms with Gasteiger partial charge in [-0.2, -0.15) is 5.26 Å². The van der Waals surface area contributed by atoms with Gasteiger partial charge in [0, 0.05) is 41.5 Å². The van der Waals surface area contributed by atoms with Gasteiger partial charge in [0.15, 0.2) is 0 Å². The standard InChI is InChI=1S/C25H19IN4O5S/c26-22-11-16(23(36-22)25(31)32)14-34-24-19(13-27)18(20-5-8-35-29-20)12-21(28-24)15-1-3-17(4-2-15)30-6-9-33-10-7-30/h1-5,8,11-12H,6-7,9-10,14H2,(H,31,32). The number of aromatic carboxylic acids is 1. The molecule has 1 aromatic carbocycles. The lowest BCUT2D eigenvalue weighted by atomic mass is 10.0. The zero-order valence-corrected chi connectivity index (χ0v) is 21.8. The number of anilines is 1. The van der Waals surface area contributed by atoms with Gasteiger partial charge in [0.05, 0.1) is 21.8 Å². The molecule has 36 heavy (non-hydrogen) atoms. The topological polar surface area (TPSA) is 122 Å². The second-order valence-electron chi connectivity index (χ2n) is 7.88. The molecule has 0 amide bonds. The molecule has 11 heteroatoms. The summed E-state index contributed by atoms with van der Waals surface area (Å²) in [7, 11) is 0. The molecule has 0 radical (unpaired) electrons. The number of nitriles is 1. The lowest BCUT2D eigenvalue weighted by Gasteiger charge is -2.28. The number of hydrogen-bond acceptors (Lipinski definition) is 9. The van der Waals surface area contributed by atoms with E-state index >= 15 is 0 Å². The van der Waals surface area contributed by atoms with Crippen LogP contribution in [0.5, 0.6) is 5.88 Å². The van der Waals surface area contributed by atoms with Crippen LogP contribution in [0.25, 0.3) is 22.5 Å². The van der Waals surface area contributed by atoms with Gasteiger partial charge in [0.2, 0.25) is 5.88 Å². The van der Waals surface area contributed by atoms with Crippen molar-refractivity contribution in [3.8, 4) is 34.5 Å². The molecule has 9 nitrogen and oxygen atoms in total. The van der Waals surface area contributed by atoms with Crippen molar-refractivity contribution >= 4 is 45.6 Å². The summed E-state index contributed by atoms with van der Waals surface area (Å²) in [5.41, 5.74) is 4.22. The second-order valence-corrected chi connectivity index (χ2v) is 10.8. The van der Waals surface area contributed by atoms with E-state index in [1.165, 1.54) is 17.6 Å². The van der Waals surface area contributed by atoms with Gasteiger partial charge in [0.25, 0.3) is 0 Å². The van der Waals surface area contributed by atoms with Crippen LogP contribution in [0.4, 0.5) is 5.69 Å². The Morgan fingerprint density at radius 2 is 1.97 bits per heavy atom. The molecule has 0 unspecified atom stereocenters. The van der Waals surface area contributed by atoms with Crippen LogP contribution in [0, 0.1) is 14.2 Å². The van der Waals surface area contributed by atoms with Gasteiger partial charge in [-0.25, -0.2) is 9.78 Å². The smallest absolute Gasteiger partial charge is 0.346 e.